The molecule has 0 aliphatic rings. The van der Waals surface area contributed by atoms with Gasteiger partial charge in [-0.3, -0.25) is 4.79 Å². The van der Waals surface area contributed by atoms with Crippen molar-refractivity contribution in [3.63, 3.8) is 0 Å². The summed E-state index contributed by atoms with van der Waals surface area (Å²) in [6, 6.07) is 4.40. The smallest absolute Gasteiger partial charge is 0.309 e. The molecular formula is C9H8F2O3. The Labute approximate surface area is 78.6 Å². The molecule has 0 fully saturated rings. The standard InChI is InChI=1S/C9H8F2O3/c10-9(11,5-8(13)14)6-2-1-3-7(12)4-6/h1-4,12H,5H2,(H,13,14). The average Bonchev–Trinajstić information content (AvgIpc) is 2.01. The lowest BCUT2D eigenvalue weighted by atomic mass is 10.1. The van der Waals surface area contributed by atoms with E-state index < -0.39 is 23.9 Å². The first-order valence-corrected chi connectivity index (χ1v) is 3.81. The van der Waals surface area contributed by atoms with Crippen molar-refractivity contribution in [3.8, 4) is 5.75 Å². The Hall–Kier alpha value is -1.65. The van der Waals surface area contributed by atoms with E-state index in [0.29, 0.717) is 0 Å². The van der Waals surface area contributed by atoms with Gasteiger partial charge in [0, 0.05) is 5.56 Å². The zero-order valence-electron chi connectivity index (χ0n) is 7.08. The van der Waals surface area contributed by atoms with Gasteiger partial charge in [-0.25, -0.2) is 8.78 Å². The van der Waals surface area contributed by atoms with Gasteiger partial charge in [-0.1, -0.05) is 12.1 Å². The molecule has 0 aliphatic heterocycles. The minimum absolute atomic E-state index is 0.312. The maximum Gasteiger partial charge on any atom is 0.309 e. The summed E-state index contributed by atoms with van der Waals surface area (Å²) in [5, 5.41) is 17.2. The van der Waals surface area contributed by atoms with Gasteiger partial charge in [-0.15, -0.1) is 0 Å². The van der Waals surface area contributed by atoms with Gasteiger partial charge >= 0.3 is 5.97 Å². The average molecular weight is 202 g/mol. The molecule has 0 atom stereocenters. The number of phenols is 1. The molecule has 0 spiro atoms. The molecule has 3 nitrogen and oxygen atoms in total. The fourth-order valence-electron chi connectivity index (χ4n) is 1.03. The Bertz CT molecular complexity index is 350. The van der Waals surface area contributed by atoms with Gasteiger partial charge in [0.25, 0.3) is 5.92 Å². The molecule has 0 aromatic heterocycles. The fraction of sp³-hybridized carbons (Fsp3) is 0.222. The van der Waals surface area contributed by atoms with Crippen LogP contribution in [0.1, 0.15) is 12.0 Å². The van der Waals surface area contributed by atoms with Crippen molar-refractivity contribution in [2.45, 2.75) is 12.3 Å². The molecule has 0 saturated heterocycles. The quantitative estimate of drug-likeness (QED) is 0.787. The zero-order chi connectivity index (χ0) is 10.8. The van der Waals surface area contributed by atoms with Crippen LogP contribution in [-0.4, -0.2) is 16.2 Å². The van der Waals surface area contributed by atoms with E-state index >= 15 is 0 Å². The third-order valence-corrected chi connectivity index (χ3v) is 1.64. The third-order valence-electron chi connectivity index (χ3n) is 1.64. The largest absolute Gasteiger partial charge is 0.508 e. The second-order valence-electron chi connectivity index (χ2n) is 2.83. The molecule has 14 heavy (non-hydrogen) atoms. The predicted molar refractivity (Wildman–Crippen MR) is 44.3 cm³/mol. The van der Waals surface area contributed by atoms with Gasteiger partial charge in [-0.2, -0.15) is 0 Å². The molecule has 0 heterocycles. The normalized spacial score (nSPS) is 11.3. The van der Waals surface area contributed by atoms with Gasteiger partial charge in [0.2, 0.25) is 0 Å². The second kappa shape index (κ2) is 3.61. The number of carboxylic acids is 1. The van der Waals surface area contributed by atoms with Gasteiger partial charge in [-0.05, 0) is 12.1 Å². The monoisotopic (exact) mass is 202 g/mol. The molecule has 0 bridgehead atoms. The molecule has 0 radical (unpaired) electrons. The lowest BCUT2D eigenvalue weighted by Gasteiger charge is -2.14. The Kier molecular flexibility index (Phi) is 2.69. The molecule has 1 aromatic rings. The summed E-state index contributed by atoms with van der Waals surface area (Å²) in [6.07, 6.45) is -1.28. The topological polar surface area (TPSA) is 57.5 Å². The van der Waals surface area contributed by atoms with Crippen LogP contribution < -0.4 is 0 Å². The van der Waals surface area contributed by atoms with Crippen molar-refractivity contribution < 1.29 is 23.8 Å². The summed E-state index contributed by atoms with van der Waals surface area (Å²) in [4.78, 5) is 10.1. The minimum atomic E-state index is -3.45. The van der Waals surface area contributed by atoms with E-state index in [2.05, 4.69) is 0 Å². The van der Waals surface area contributed by atoms with Crippen molar-refractivity contribution in [1.82, 2.24) is 0 Å². The first-order chi connectivity index (χ1) is 6.42. The van der Waals surface area contributed by atoms with Crippen LogP contribution in [0.3, 0.4) is 0 Å². The Morgan fingerprint density at radius 2 is 2.07 bits per heavy atom. The van der Waals surface area contributed by atoms with E-state index in [0.717, 1.165) is 12.1 Å². The number of rotatable bonds is 3. The highest BCUT2D eigenvalue weighted by atomic mass is 19.3. The SMILES string of the molecule is O=C(O)CC(F)(F)c1cccc(O)c1. The van der Waals surface area contributed by atoms with Crippen LogP contribution in [0.15, 0.2) is 24.3 Å². The van der Waals surface area contributed by atoms with Crippen LogP contribution in [0.4, 0.5) is 8.78 Å². The van der Waals surface area contributed by atoms with E-state index in [-0.39, 0.29) is 5.75 Å². The van der Waals surface area contributed by atoms with E-state index in [1.54, 1.807) is 0 Å². The summed E-state index contributed by atoms with van der Waals surface area (Å²) in [6.45, 7) is 0. The molecule has 1 rings (SSSR count). The predicted octanol–water partition coefficient (Wildman–Crippen LogP) is 1.96. The summed E-state index contributed by atoms with van der Waals surface area (Å²) in [5.74, 6) is -5.35. The summed E-state index contributed by atoms with van der Waals surface area (Å²) in [7, 11) is 0. The lowest BCUT2D eigenvalue weighted by Crippen LogP contribution is -2.18. The maximum absolute atomic E-state index is 13.1. The Morgan fingerprint density at radius 1 is 1.43 bits per heavy atom. The Morgan fingerprint density at radius 3 is 2.57 bits per heavy atom. The summed E-state index contributed by atoms with van der Waals surface area (Å²) < 4.78 is 26.2. The molecule has 0 unspecified atom stereocenters. The highest BCUT2D eigenvalue weighted by Crippen LogP contribution is 2.32. The number of hydrogen-bond acceptors (Lipinski definition) is 2. The number of hydrogen-bond donors (Lipinski definition) is 2. The second-order valence-corrected chi connectivity index (χ2v) is 2.83. The van der Waals surface area contributed by atoms with Crippen LogP contribution >= 0.6 is 0 Å². The number of aliphatic carboxylic acids is 1. The van der Waals surface area contributed by atoms with Crippen LogP contribution in [0, 0.1) is 0 Å². The molecule has 1 aromatic carbocycles. The number of benzene rings is 1. The van der Waals surface area contributed by atoms with Crippen molar-refractivity contribution in [3.05, 3.63) is 29.8 Å². The number of aromatic hydroxyl groups is 1. The van der Waals surface area contributed by atoms with Crippen molar-refractivity contribution >= 4 is 5.97 Å². The maximum atomic E-state index is 13.1. The molecule has 0 amide bonds. The van der Waals surface area contributed by atoms with E-state index in [1.807, 2.05) is 0 Å². The number of phenolic OH excluding ortho intramolecular Hbond substituents is 1. The number of alkyl halides is 2. The first kappa shape index (κ1) is 10.4. The van der Waals surface area contributed by atoms with Gasteiger partial charge in [0.05, 0.1) is 0 Å². The van der Waals surface area contributed by atoms with Crippen molar-refractivity contribution in [2.75, 3.05) is 0 Å². The van der Waals surface area contributed by atoms with Crippen LogP contribution in [0.25, 0.3) is 0 Å². The molecule has 76 valence electrons. The van der Waals surface area contributed by atoms with Gasteiger partial charge < -0.3 is 10.2 Å². The van der Waals surface area contributed by atoms with Crippen molar-refractivity contribution in [2.24, 2.45) is 0 Å². The number of carbonyl (C=O) groups is 1. The molecule has 0 saturated carbocycles. The minimum Gasteiger partial charge on any atom is -0.508 e. The van der Waals surface area contributed by atoms with E-state index in [4.69, 9.17) is 10.2 Å². The third kappa shape index (κ3) is 2.42. The van der Waals surface area contributed by atoms with Crippen molar-refractivity contribution in [1.29, 1.82) is 0 Å². The van der Waals surface area contributed by atoms with Crippen LogP contribution in [0.5, 0.6) is 5.75 Å². The van der Waals surface area contributed by atoms with E-state index in [9.17, 15) is 13.6 Å². The highest BCUT2D eigenvalue weighted by Gasteiger charge is 2.34. The lowest BCUT2D eigenvalue weighted by molar-refractivity contribution is -0.145. The summed E-state index contributed by atoms with van der Waals surface area (Å²) in [5.41, 5.74) is -0.500. The molecule has 5 heteroatoms. The number of halogens is 2. The Balaban J connectivity index is 2.97. The first-order valence-electron chi connectivity index (χ1n) is 3.81. The van der Waals surface area contributed by atoms with Gasteiger partial charge in [0.1, 0.15) is 12.2 Å². The summed E-state index contributed by atoms with van der Waals surface area (Å²) >= 11 is 0. The molecular weight excluding hydrogens is 194 g/mol. The number of carboxylic acid groups (broad SMARTS) is 1. The van der Waals surface area contributed by atoms with Crippen LogP contribution in [0.2, 0.25) is 0 Å². The fourth-order valence-corrected chi connectivity index (χ4v) is 1.03. The van der Waals surface area contributed by atoms with Crippen LogP contribution in [-0.2, 0) is 10.7 Å². The highest BCUT2D eigenvalue weighted by molar-refractivity contribution is 5.68. The zero-order valence-corrected chi connectivity index (χ0v) is 7.08. The van der Waals surface area contributed by atoms with Gasteiger partial charge in [0.15, 0.2) is 0 Å². The van der Waals surface area contributed by atoms with E-state index in [1.165, 1.54) is 12.1 Å². The molecule has 0 aliphatic carbocycles. The molecule has 2 N–H and O–H groups in total.